The Morgan fingerprint density at radius 2 is 2.47 bits per heavy atom. The lowest BCUT2D eigenvalue weighted by molar-refractivity contribution is 0.489. The zero-order valence-electron chi connectivity index (χ0n) is 10.0. The molecule has 0 aromatic carbocycles. The molecule has 17 heavy (non-hydrogen) atoms. The van der Waals surface area contributed by atoms with Gasteiger partial charge in [-0.3, -0.25) is 0 Å². The summed E-state index contributed by atoms with van der Waals surface area (Å²) in [6.45, 7) is 3.19. The average molecular weight is 250 g/mol. The smallest absolute Gasteiger partial charge is 0.0993 e. The number of aromatic nitrogens is 3. The second-order valence-corrected chi connectivity index (χ2v) is 5.05. The van der Waals surface area contributed by atoms with E-state index < -0.39 is 0 Å². The molecule has 4 nitrogen and oxygen atoms in total. The molecule has 0 aliphatic heterocycles. The second kappa shape index (κ2) is 6.51. The Labute approximate surface area is 105 Å². The van der Waals surface area contributed by atoms with Crippen LogP contribution < -0.4 is 5.32 Å². The minimum Gasteiger partial charge on any atom is -0.309 e. The van der Waals surface area contributed by atoms with Crippen LogP contribution in [0.5, 0.6) is 0 Å². The second-order valence-electron chi connectivity index (χ2n) is 4.02. The van der Waals surface area contributed by atoms with Gasteiger partial charge in [0, 0.05) is 4.88 Å². The molecule has 0 bridgehead atoms. The summed E-state index contributed by atoms with van der Waals surface area (Å²) in [5, 5.41) is 16.4. The fraction of sp³-hybridized carbons (Fsp3) is 0.500. The summed E-state index contributed by atoms with van der Waals surface area (Å²) >= 11 is 1.81. The fourth-order valence-corrected chi connectivity index (χ4v) is 2.52. The van der Waals surface area contributed by atoms with Crippen molar-refractivity contribution in [3.63, 3.8) is 0 Å². The van der Waals surface area contributed by atoms with Gasteiger partial charge >= 0.3 is 0 Å². The average Bonchev–Trinajstić information content (AvgIpc) is 3.01. The van der Waals surface area contributed by atoms with E-state index in [1.54, 1.807) is 0 Å². The van der Waals surface area contributed by atoms with Crippen LogP contribution in [0.4, 0.5) is 0 Å². The molecular formula is C12H18N4S. The van der Waals surface area contributed by atoms with Crippen molar-refractivity contribution in [1.82, 2.24) is 20.7 Å². The van der Waals surface area contributed by atoms with Crippen molar-refractivity contribution in [1.29, 1.82) is 0 Å². The number of nitrogens with one attached hydrogen (secondary N) is 2. The van der Waals surface area contributed by atoms with Crippen molar-refractivity contribution >= 4 is 11.3 Å². The summed E-state index contributed by atoms with van der Waals surface area (Å²) in [6, 6.07) is 4.59. The van der Waals surface area contributed by atoms with Gasteiger partial charge in [-0.05, 0) is 37.3 Å². The Morgan fingerprint density at radius 1 is 1.53 bits per heavy atom. The first-order valence-electron chi connectivity index (χ1n) is 6.01. The molecule has 92 valence electrons. The van der Waals surface area contributed by atoms with Crippen LogP contribution in [0.2, 0.25) is 0 Å². The van der Waals surface area contributed by atoms with Crippen molar-refractivity contribution in [3.05, 3.63) is 34.3 Å². The molecule has 0 amide bonds. The lowest BCUT2D eigenvalue weighted by Gasteiger charge is -2.15. The highest BCUT2D eigenvalue weighted by Gasteiger charge is 2.13. The molecule has 5 heteroatoms. The van der Waals surface area contributed by atoms with E-state index in [9.17, 15) is 0 Å². The maximum Gasteiger partial charge on any atom is 0.0993 e. The zero-order chi connectivity index (χ0) is 11.9. The van der Waals surface area contributed by atoms with E-state index in [1.165, 1.54) is 4.88 Å². The molecule has 0 radical (unpaired) electrons. The summed E-state index contributed by atoms with van der Waals surface area (Å²) in [7, 11) is 0. The van der Waals surface area contributed by atoms with Crippen LogP contribution in [-0.4, -0.2) is 22.0 Å². The quantitative estimate of drug-likeness (QED) is 0.794. The molecule has 2 heterocycles. The Bertz CT molecular complexity index is 396. The van der Waals surface area contributed by atoms with Crippen LogP contribution in [0, 0.1) is 0 Å². The summed E-state index contributed by atoms with van der Waals surface area (Å²) < 4.78 is 0. The SMILES string of the molecule is CCCNC(CCc1cccs1)c1cn[nH]n1. The van der Waals surface area contributed by atoms with Gasteiger partial charge in [0.1, 0.15) is 0 Å². The van der Waals surface area contributed by atoms with Crippen LogP contribution in [0.25, 0.3) is 0 Å². The van der Waals surface area contributed by atoms with Gasteiger partial charge in [0.25, 0.3) is 0 Å². The number of H-pyrrole nitrogens is 1. The third-order valence-electron chi connectivity index (χ3n) is 2.69. The van der Waals surface area contributed by atoms with Gasteiger partial charge in [0.15, 0.2) is 0 Å². The van der Waals surface area contributed by atoms with E-state index in [0.29, 0.717) is 6.04 Å². The third kappa shape index (κ3) is 3.64. The number of hydrogen-bond donors (Lipinski definition) is 2. The number of hydrogen-bond acceptors (Lipinski definition) is 4. The molecule has 0 saturated carbocycles. The van der Waals surface area contributed by atoms with E-state index in [1.807, 2.05) is 17.5 Å². The van der Waals surface area contributed by atoms with Gasteiger partial charge < -0.3 is 5.32 Å². The van der Waals surface area contributed by atoms with Gasteiger partial charge in [-0.25, -0.2) is 0 Å². The molecule has 2 N–H and O–H groups in total. The van der Waals surface area contributed by atoms with Crippen molar-refractivity contribution in [2.75, 3.05) is 6.54 Å². The molecule has 2 rings (SSSR count). The summed E-state index contributed by atoms with van der Waals surface area (Å²) in [5.41, 5.74) is 1.01. The van der Waals surface area contributed by atoms with Crippen LogP contribution in [0.1, 0.15) is 36.4 Å². The lowest BCUT2D eigenvalue weighted by atomic mass is 10.1. The lowest BCUT2D eigenvalue weighted by Crippen LogP contribution is -2.23. The first-order valence-corrected chi connectivity index (χ1v) is 6.89. The Morgan fingerprint density at radius 3 is 3.12 bits per heavy atom. The molecule has 0 fully saturated rings. The number of thiophene rings is 1. The normalized spacial score (nSPS) is 12.8. The molecule has 2 aromatic heterocycles. The van der Waals surface area contributed by atoms with E-state index in [2.05, 4.69) is 45.2 Å². The summed E-state index contributed by atoms with van der Waals surface area (Å²) in [6.07, 6.45) is 5.09. The number of aryl methyl sites for hydroxylation is 1. The standard InChI is InChI=1S/C12H18N4S/c1-2-7-13-11(12-9-14-16-15-12)6-5-10-4-3-8-17-10/h3-4,8-9,11,13H,2,5-7H2,1H3,(H,14,15,16). The van der Waals surface area contributed by atoms with Crippen molar-refractivity contribution in [2.45, 2.75) is 32.2 Å². The largest absolute Gasteiger partial charge is 0.309 e. The first kappa shape index (κ1) is 12.3. The summed E-state index contributed by atoms with van der Waals surface area (Å²) in [4.78, 5) is 1.43. The maximum absolute atomic E-state index is 4.17. The van der Waals surface area contributed by atoms with E-state index in [4.69, 9.17) is 0 Å². The van der Waals surface area contributed by atoms with Gasteiger partial charge in [-0.2, -0.15) is 15.4 Å². The van der Waals surface area contributed by atoms with Crippen LogP contribution in [0.15, 0.2) is 23.7 Å². The van der Waals surface area contributed by atoms with Gasteiger partial charge in [0.2, 0.25) is 0 Å². The maximum atomic E-state index is 4.17. The highest BCUT2D eigenvalue weighted by atomic mass is 32.1. The molecular weight excluding hydrogens is 232 g/mol. The molecule has 1 unspecified atom stereocenters. The van der Waals surface area contributed by atoms with Gasteiger partial charge in [-0.1, -0.05) is 13.0 Å². The Kier molecular flexibility index (Phi) is 4.70. The van der Waals surface area contributed by atoms with E-state index >= 15 is 0 Å². The first-order chi connectivity index (χ1) is 8.40. The minimum atomic E-state index is 0.302. The fourth-order valence-electron chi connectivity index (χ4n) is 1.79. The topological polar surface area (TPSA) is 53.6 Å². The summed E-state index contributed by atoms with van der Waals surface area (Å²) in [5.74, 6) is 0. The molecule has 0 aliphatic rings. The highest BCUT2D eigenvalue weighted by molar-refractivity contribution is 7.09. The molecule has 0 saturated heterocycles. The number of nitrogens with zero attached hydrogens (tertiary/aromatic N) is 2. The highest BCUT2D eigenvalue weighted by Crippen LogP contribution is 2.19. The number of aromatic amines is 1. The zero-order valence-corrected chi connectivity index (χ0v) is 10.8. The number of rotatable bonds is 7. The predicted molar refractivity (Wildman–Crippen MR) is 70.1 cm³/mol. The van der Waals surface area contributed by atoms with Gasteiger partial charge in [-0.15, -0.1) is 11.3 Å². The van der Waals surface area contributed by atoms with Crippen LogP contribution in [0.3, 0.4) is 0 Å². The van der Waals surface area contributed by atoms with Gasteiger partial charge in [0.05, 0.1) is 17.9 Å². The minimum absolute atomic E-state index is 0.302. The monoisotopic (exact) mass is 250 g/mol. The van der Waals surface area contributed by atoms with Crippen LogP contribution >= 0.6 is 11.3 Å². The van der Waals surface area contributed by atoms with Crippen molar-refractivity contribution in [3.8, 4) is 0 Å². The molecule has 0 spiro atoms. The van der Waals surface area contributed by atoms with Crippen LogP contribution in [-0.2, 0) is 6.42 Å². The van der Waals surface area contributed by atoms with Crippen molar-refractivity contribution < 1.29 is 0 Å². The Hall–Kier alpha value is -1.20. The Balaban J connectivity index is 1.91. The van der Waals surface area contributed by atoms with Crippen molar-refractivity contribution in [2.24, 2.45) is 0 Å². The third-order valence-corrected chi connectivity index (χ3v) is 3.63. The molecule has 1 atom stereocenters. The molecule has 0 aliphatic carbocycles. The van der Waals surface area contributed by atoms with E-state index in [0.717, 1.165) is 31.5 Å². The molecule has 2 aromatic rings. The predicted octanol–water partition coefficient (Wildman–Crippen LogP) is 2.54. The van der Waals surface area contributed by atoms with E-state index in [-0.39, 0.29) is 0 Å².